The first kappa shape index (κ1) is 16.8. The lowest BCUT2D eigenvalue weighted by atomic mass is 9.99. The summed E-state index contributed by atoms with van der Waals surface area (Å²) in [5.74, 6) is -2.29. The van der Waals surface area contributed by atoms with Crippen molar-refractivity contribution in [2.45, 2.75) is 25.4 Å². The summed E-state index contributed by atoms with van der Waals surface area (Å²) in [7, 11) is 0. The number of carbonyl (C=O) groups is 2. The minimum absolute atomic E-state index is 0.114. The number of rotatable bonds is 3. The quantitative estimate of drug-likeness (QED) is 0.919. The molecule has 4 atom stereocenters. The van der Waals surface area contributed by atoms with E-state index in [4.69, 9.17) is 5.11 Å². The summed E-state index contributed by atoms with van der Waals surface area (Å²) in [6.45, 7) is 2.37. The molecule has 3 rings (SSSR count). The Morgan fingerprint density at radius 1 is 1.21 bits per heavy atom. The van der Waals surface area contributed by atoms with E-state index >= 15 is 0 Å². The van der Waals surface area contributed by atoms with Crippen molar-refractivity contribution < 1.29 is 27.9 Å². The van der Waals surface area contributed by atoms with Gasteiger partial charge in [0, 0.05) is 19.0 Å². The van der Waals surface area contributed by atoms with Crippen molar-refractivity contribution in [1.82, 2.24) is 4.90 Å². The molecular weight excluding hydrogens is 323 g/mol. The molecule has 1 saturated heterocycles. The Labute approximate surface area is 137 Å². The average Bonchev–Trinajstić information content (AvgIpc) is 3.21. The molecule has 0 radical (unpaired) electrons. The SMILES string of the molecule is C[C@@H]1CN(C(=O)C2CC2c2cccc(C(F)(F)F)c2)C[C@H]1C(=O)O. The van der Waals surface area contributed by atoms with Gasteiger partial charge in [-0.25, -0.2) is 0 Å². The summed E-state index contributed by atoms with van der Waals surface area (Å²) >= 11 is 0. The van der Waals surface area contributed by atoms with Crippen molar-refractivity contribution in [1.29, 1.82) is 0 Å². The molecule has 1 aliphatic heterocycles. The predicted octanol–water partition coefficient (Wildman–Crippen LogP) is 2.99. The Morgan fingerprint density at radius 3 is 2.50 bits per heavy atom. The molecule has 0 bridgehead atoms. The number of hydrogen-bond donors (Lipinski definition) is 1. The zero-order valence-electron chi connectivity index (χ0n) is 13.1. The number of aliphatic carboxylic acids is 1. The van der Waals surface area contributed by atoms with Crippen molar-refractivity contribution >= 4 is 11.9 Å². The number of benzene rings is 1. The highest BCUT2D eigenvalue weighted by Crippen LogP contribution is 2.49. The lowest BCUT2D eigenvalue weighted by Gasteiger charge is -2.16. The maximum atomic E-state index is 12.8. The minimum atomic E-state index is -4.40. The Bertz CT molecular complexity index is 673. The molecule has 1 aliphatic carbocycles. The van der Waals surface area contributed by atoms with Gasteiger partial charge in [-0.2, -0.15) is 13.2 Å². The maximum Gasteiger partial charge on any atom is 0.416 e. The van der Waals surface area contributed by atoms with Crippen molar-refractivity contribution in [3.05, 3.63) is 35.4 Å². The molecule has 1 N–H and O–H groups in total. The number of amides is 1. The number of nitrogens with zero attached hydrogens (tertiary/aromatic N) is 1. The highest BCUT2D eigenvalue weighted by molar-refractivity contribution is 5.84. The molecule has 1 aromatic carbocycles. The van der Waals surface area contributed by atoms with Crippen LogP contribution < -0.4 is 0 Å². The highest BCUT2D eigenvalue weighted by atomic mass is 19.4. The van der Waals surface area contributed by atoms with Gasteiger partial charge >= 0.3 is 12.1 Å². The molecular formula is C17H18F3NO3. The van der Waals surface area contributed by atoms with Crippen LogP contribution >= 0.6 is 0 Å². The molecule has 1 heterocycles. The molecule has 2 unspecified atom stereocenters. The number of halogens is 3. The fraction of sp³-hybridized carbons (Fsp3) is 0.529. The van der Waals surface area contributed by atoms with Gasteiger partial charge < -0.3 is 10.0 Å². The first-order valence-corrected chi connectivity index (χ1v) is 7.87. The second kappa shape index (κ2) is 5.79. The van der Waals surface area contributed by atoms with Gasteiger partial charge in [-0.15, -0.1) is 0 Å². The molecule has 2 aliphatic rings. The molecule has 0 spiro atoms. The Hall–Kier alpha value is -2.05. The topological polar surface area (TPSA) is 57.6 Å². The van der Waals surface area contributed by atoms with Gasteiger partial charge in [0.05, 0.1) is 11.5 Å². The summed E-state index contributed by atoms with van der Waals surface area (Å²) in [6.07, 6.45) is -3.88. The van der Waals surface area contributed by atoms with Crippen LogP contribution in [-0.4, -0.2) is 35.0 Å². The maximum absolute atomic E-state index is 12.8. The number of hydrogen-bond acceptors (Lipinski definition) is 2. The number of carbonyl (C=O) groups excluding carboxylic acids is 1. The van der Waals surface area contributed by atoms with E-state index in [1.807, 2.05) is 0 Å². The van der Waals surface area contributed by atoms with E-state index in [-0.39, 0.29) is 30.2 Å². The van der Waals surface area contributed by atoms with Gasteiger partial charge in [0.2, 0.25) is 5.91 Å². The van der Waals surface area contributed by atoms with Crippen LogP contribution in [-0.2, 0) is 15.8 Å². The van der Waals surface area contributed by atoms with E-state index in [9.17, 15) is 22.8 Å². The summed E-state index contributed by atoms with van der Waals surface area (Å²) in [6, 6.07) is 5.09. The zero-order chi connectivity index (χ0) is 17.6. The third kappa shape index (κ3) is 3.12. The van der Waals surface area contributed by atoms with Crippen LogP contribution in [0.3, 0.4) is 0 Å². The first-order chi connectivity index (χ1) is 11.2. The van der Waals surface area contributed by atoms with Crippen molar-refractivity contribution in [3.63, 3.8) is 0 Å². The van der Waals surface area contributed by atoms with Gasteiger partial charge in [-0.05, 0) is 29.9 Å². The van der Waals surface area contributed by atoms with Crippen LogP contribution in [0.4, 0.5) is 13.2 Å². The molecule has 2 fully saturated rings. The van der Waals surface area contributed by atoms with Crippen molar-refractivity contribution in [3.8, 4) is 0 Å². The number of likely N-dealkylation sites (tertiary alicyclic amines) is 1. The summed E-state index contributed by atoms with van der Waals surface area (Å²) in [4.78, 5) is 25.2. The molecule has 1 saturated carbocycles. The van der Waals surface area contributed by atoms with E-state index < -0.39 is 23.6 Å². The minimum Gasteiger partial charge on any atom is -0.481 e. The summed E-state index contributed by atoms with van der Waals surface area (Å²) in [5, 5.41) is 9.13. The summed E-state index contributed by atoms with van der Waals surface area (Å²) in [5.41, 5.74) is -0.191. The fourth-order valence-electron chi connectivity index (χ4n) is 3.48. The van der Waals surface area contributed by atoms with Gasteiger partial charge in [0.15, 0.2) is 0 Å². The van der Waals surface area contributed by atoms with Crippen LogP contribution in [0.25, 0.3) is 0 Å². The standard InChI is InChI=1S/C17H18F3NO3/c1-9-7-21(8-14(9)16(23)24)15(22)13-6-12(13)10-3-2-4-11(5-10)17(18,19)20/h2-5,9,12-14H,6-8H2,1H3,(H,23,24)/t9-,12?,13?,14-/m1/s1. The molecule has 1 amide bonds. The van der Waals surface area contributed by atoms with Crippen LogP contribution in [0.1, 0.15) is 30.4 Å². The third-order valence-corrected chi connectivity index (χ3v) is 4.99. The normalized spacial score (nSPS) is 29.6. The lowest BCUT2D eigenvalue weighted by molar-refractivity contribution is -0.142. The van der Waals surface area contributed by atoms with Crippen LogP contribution in [0.2, 0.25) is 0 Å². The van der Waals surface area contributed by atoms with Crippen LogP contribution in [0.5, 0.6) is 0 Å². The second-order valence-corrected chi connectivity index (χ2v) is 6.74. The van der Waals surface area contributed by atoms with Gasteiger partial charge in [-0.1, -0.05) is 25.1 Å². The van der Waals surface area contributed by atoms with E-state index in [0.717, 1.165) is 12.1 Å². The Balaban J connectivity index is 1.68. The lowest BCUT2D eigenvalue weighted by Crippen LogP contribution is -2.31. The fourth-order valence-corrected chi connectivity index (χ4v) is 3.48. The smallest absolute Gasteiger partial charge is 0.416 e. The molecule has 1 aromatic rings. The zero-order valence-corrected chi connectivity index (χ0v) is 13.1. The summed E-state index contributed by atoms with van der Waals surface area (Å²) < 4.78 is 38.4. The molecule has 130 valence electrons. The number of alkyl halides is 3. The van der Waals surface area contributed by atoms with Crippen LogP contribution in [0.15, 0.2) is 24.3 Å². The van der Waals surface area contributed by atoms with Gasteiger partial charge in [-0.3, -0.25) is 9.59 Å². The van der Waals surface area contributed by atoms with Crippen molar-refractivity contribution in [2.24, 2.45) is 17.8 Å². The highest BCUT2D eigenvalue weighted by Gasteiger charge is 2.49. The van der Waals surface area contributed by atoms with Gasteiger partial charge in [0.1, 0.15) is 0 Å². The molecule has 24 heavy (non-hydrogen) atoms. The van der Waals surface area contributed by atoms with E-state index in [2.05, 4.69) is 0 Å². The Kier molecular flexibility index (Phi) is 4.05. The number of carboxylic acids is 1. The largest absolute Gasteiger partial charge is 0.481 e. The second-order valence-electron chi connectivity index (χ2n) is 6.74. The first-order valence-electron chi connectivity index (χ1n) is 7.87. The molecule has 7 heteroatoms. The van der Waals surface area contributed by atoms with E-state index in [1.165, 1.54) is 6.07 Å². The van der Waals surface area contributed by atoms with Gasteiger partial charge in [0.25, 0.3) is 0 Å². The Morgan fingerprint density at radius 2 is 1.92 bits per heavy atom. The van der Waals surface area contributed by atoms with E-state index in [0.29, 0.717) is 18.5 Å². The number of carboxylic acid groups (broad SMARTS) is 1. The molecule has 0 aromatic heterocycles. The predicted molar refractivity (Wildman–Crippen MR) is 79.2 cm³/mol. The third-order valence-electron chi connectivity index (χ3n) is 4.99. The average molecular weight is 341 g/mol. The van der Waals surface area contributed by atoms with Crippen molar-refractivity contribution in [2.75, 3.05) is 13.1 Å². The van der Waals surface area contributed by atoms with Crippen LogP contribution in [0, 0.1) is 17.8 Å². The van der Waals surface area contributed by atoms with E-state index in [1.54, 1.807) is 17.9 Å². The monoisotopic (exact) mass is 341 g/mol. The molecule has 4 nitrogen and oxygen atoms in total.